The topological polar surface area (TPSA) is 94.3 Å². The highest BCUT2D eigenvalue weighted by atomic mass is 35.5. The van der Waals surface area contributed by atoms with Gasteiger partial charge in [-0.1, -0.05) is 66.1 Å². The summed E-state index contributed by atoms with van der Waals surface area (Å²) in [6, 6.07) is 22.0. The lowest BCUT2D eigenvalue weighted by Gasteiger charge is -2.14. The van der Waals surface area contributed by atoms with E-state index in [9.17, 15) is 8.42 Å². The lowest BCUT2D eigenvalue weighted by molar-refractivity contribution is 0.309. The number of anilines is 1. The summed E-state index contributed by atoms with van der Waals surface area (Å²) >= 11 is 6.69. The highest BCUT2D eigenvalue weighted by Crippen LogP contribution is 2.35. The maximum absolute atomic E-state index is 13.3. The van der Waals surface area contributed by atoms with Crippen LogP contribution >= 0.6 is 11.6 Å². The van der Waals surface area contributed by atoms with Gasteiger partial charge in [0.25, 0.3) is 10.0 Å². The molecular formula is C29H26ClN3O4S. The average Bonchev–Trinajstić information content (AvgIpc) is 3.23. The number of nitrogens with one attached hydrogen (secondary N) is 1. The van der Waals surface area contributed by atoms with Crippen LogP contribution in [0.25, 0.3) is 22.0 Å². The molecule has 0 unspecified atom stereocenters. The highest BCUT2D eigenvalue weighted by Gasteiger charge is 2.23. The van der Waals surface area contributed by atoms with E-state index in [1.165, 1.54) is 6.07 Å². The van der Waals surface area contributed by atoms with Crippen molar-refractivity contribution in [3.05, 3.63) is 100 Å². The van der Waals surface area contributed by atoms with Crippen molar-refractivity contribution in [2.75, 3.05) is 4.72 Å². The minimum absolute atomic E-state index is 0.0784. The summed E-state index contributed by atoms with van der Waals surface area (Å²) in [5.41, 5.74) is 4.99. The summed E-state index contributed by atoms with van der Waals surface area (Å²) in [5.74, 6) is 0.846. The third kappa shape index (κ3) is 5.10. The van der Waals surface area contributed by atoms with Crippen LogP contribution in [0.2, 0.25) is 5.02 Å². The Balaban J connectivity index is 1.42. The lowest BCUT2D eigenvalue weighted by Crippen LogP contribution is -2.14. The molecule has 0 fully saturated rings. The number of benzene rings is 3. The molecule has 0 aliphatic heterocycles. The molecule has 9 heteroatoms. The lowest BCUT2D eigenvalue weighted by atomic mass is 10.0. The number of sulfonamides is 1. The van der Waals surface area contributed by atoms with Crippen molar-refractivity contribution in [1.29, 1.82) is 0 Å². The number of nitrogens with zero attached hydrogens (tertiary/aromatic N) is 2. The van der Waals surface area contributed by atoms with Crippen LogP contribution < -0.4 is 9.46 Å². The van der Waals surface area contributed by atoms with E-state index in [-0.39, 0.29) is 10.8 Å². The molecule has 0 saturated carbocycles. The standard InChI is InChI=1S/C29H26ClN3O4S/c1-4-21-16-27(24-10-5-7-11-26(24)31-21)36-17-20-13-14-22(25(30)15-20)23-9-6-8-12-28(23)38(34,35)33-29-18(2)19(3)32-37-29/h5-16,33H,4,17H2,1-3H3. The normalized spacial score (nSPS) is 11.6. The number of ether oxygens (including phenoxy) is 1. The second kappa shape index (κ2) is 10.5. The number of rotatable bonds is 8. The molecule has 3 aromatic carbocycles. The van der Waals surface area contributed by atoms with Gasteiger partial charge in [-0.3, -0.25) is 4.98 Å². The van der Waals surface area contributed by atoms with Crippen LogP contribution in [0.3, 0.4) is 0 Å². The Hall–Kier alpha value is -3.88. The van der Waals surface area contributed by atoms with Crippen molar-refractivity contribution < 1.29 is 17.7 Å². The van der Waals surface area contributed by atoms with Crippen molar-refractivity contribution in [2.24, 2.45) is 0 Å². The van der Waals surface area contributed by atoms with Gasteiger partial charge in [0.05, 0.1) is 16.1 Å². The van der Waals surface area contributed by atoms with Gasteiger partial charge in [-0.25, -0.2) is 13.1 Å². The number of hydrogen-bond donors (Lipinski definition) is 1. The number of pyridine rings is 1. The number of para-hydroxylation sites is 1. The van der Waals surface area contributed by atoms with E-state index in [1.807, 2.05) is 36.4 Å². The molecule has 7 nitrogen and oxygen atoms in total. The van der Waals surface area contributed by atoms with Crippen molar-refractivity contribution in [2.45, 2.75) is 38.7 Å². The van der Waals surface area contributed by atoms with Gasteiger partial charge >= 0.3 is 0 Å². The van der Waals surface area contributed by atoms with Crippen LogP contribution in [0.1, 0.15) is 29.4 Å². The molecule has 0 aliphatic carbocycles. The third-order valence-corrected chi connectivity index (χ3v) is 8.07. The summed E-state index contributed by atoms with van der Waals surface area (Å²) < 4.78 is 40.4. The van der Waals surface area contributed by atoms with Crippen LogP contribution in [-0.2, 0) is 23.1 Å². The van der Waals surface area contributed by atoms with Gasteiger partial charge < -0.3 is 9.26 Å². The summed E-state index contributed by atoms with van der Waals surface area (Å²) in [5, 5.41) is 5.18. The molecule has 0 atom stereocenters. The maximum Gasteiger partial charge on any atom is 0.264 e. The zero-order chi connectivity index (χ0) is 26.9. The Morgan fingerprint density at radius 2 is 1.74 bits per heavy atom. The number of aryl methyl sites for hydroxylation is 2. The molecule has 0 radical (unpaired) electrons. The number of aromatic nitrogens is 2. The number of hydrogen-bond acceptors (Lipinski definition) is 6. The molecular weight excluding hydrogens is 522 g/mol. The zero-order valence-corrected chi connectivity index (χ0v) is 22.7. The summed E-state index contributed by atoms with van der Waals surface area (Å²) in [6.07, 6.45) is 0.800. The molecule has 2 aromatic heterocycles. The summed E-state index contributed by atoms with van der Waals surface area (Å²) in [6.45, 7) is 5.84. The van der Waals surface area contributed by atoms with Crippen LogP contribution in [0, 0.1) is 13.8 Å². The van der Waals surface area contributed by atoms with Gasteiger partial charge in [-0.15, -0.1) is 0 Å². The SMILES string of the molecule is CCc1cc(OCc2ccc(-c3ccccc3S(=O)(=O)Nc3onc(C)c3C)c(Cl)c2)c2ccccc2n1. The van der Waals surface area contributed by atoms with Crippen LogP contribution in [-0.4, -0.2) is 18.6 Å². The predicted octanol–water partition coefficient (Wildman–Crippen LogP) is 7.10. The molecule has 0 spiro atoms. The summed E-state index contributed by atoms with van der Waals surface area (Å²) in [7, 11) is -3.97. The fourth-order valence-electron chi connectivity index (χ4n) is 4.14. The Morgan fingerprint density at radius 1 is 0.974 bits per heavy atom. The smallest absolute Gasteiger partial charge is 0.264 e. The molecule has 2 heterocycles. The van der Waals surface area contributed by atoms with Gasteiger partial charge in [-0.05, 0) is 50.1 Å². The molecule has 38 heavy (non-hydrogen) atoms. The first-order valence-corrected chi connectivity index (χ1v) is 14.0. The number of fused-ring (bicyclic) bond motifs is 1. The van der Waals surface area contributed by atoms with Gasteiger partial charge in [-0.2, -0.15) is 0 Å². The molecule has 194 valence electrons. The van der Waals surface area contributed by atoms with Crippen molar-refractivity contribution in [3.8, 4) is 16.9 Å². The Kier molecular flexibility index (Phi) is 7.10. The quantitative estimate of drug-likeness (QED) is 0.222. The van der Waals surface area contributed by atoms with E-state index in [1.54, 1.807) is 44.2 Å². The van der Waals surface area contributed by atoms with Gasteiger partial charge in [0.1, 0.15) is 12.4 Å². The van der Waals surface area contributed by atoms with Gasteiger partial charge in [0.2, 0.25) is 5.88 Å². The van der Waals surface area contributed by atoms with Crippen LogP contribution in [0.5, 0.6) is 5.75 Å². The second-order valence-electron chi connectivity index (χ2n) is 8.91. The van der Waals surface area contributed by atoms with E-state index in [4.69, 9.17) is 20.9 Å². The van der Waals surface area contributed by atoms with E-state index < -0.39 is 10.0 Å². The Labute approximate surface area is 226 Å². The first-order chi connectivity index (χ1) is 18.3. The van der Waals surface area contributed by atoms with E-state index in [2.05, 4.69) is 21.8 Å². The minimum Gasteiger partial charge on any atom is -0.488 e. The molecule has 0 amide bonds. The third-order valence-electron chi connectivity index (χ3n) is 6.37. The Bertz CT molecular complexity index is 1750. The highest BCUT2D eigenvalue weighted by molar-refractivity contribution is 7.92. The van der Waals surface area contributed by atoms with Crippen molar-refractivity contribution in [1.82, 2.24) is 10.1 Å². The van der Waals surface area contributed by atoms with Crippen molar-refractivity contribution >= 4 is 38.4 Å². The summed E-state index contributed by atoms with van der Waals surface area (Å²) in [4.78, 5) is 4.74. The molecule has 5 aromatic rings. The van der Waals surface area contributed by atoms with E-state index >= 15 is 0 Å². The fraction of sp³-hybridized carbons (Fsp3) is 0.172. The molecule has 5 rings (SSSR count). The maximum atomic E-state index is 13.3. The largest absolute Gasteiger partial charge is 0.488 e. The van der Waals surface area contributed by atoms with E-state index in [0.717, 1.165) is 34.3 Å². The molecule has 0 aliphatic rings. The minimum atomic E-state index is -3.97. The molecule has 1 N–H and O–H groups in total. The molecule has 0 bridgehead atoms. The zero-order valence-electron chi connectivity index (χ0n) is 21.2. The molecule has 0 saturated heterocycles. The van der Waals surface area contributed by atoms with Crippen LogP contribution in [0.15, 0.2) is 82.2 Å². The predicted molar refractivity (Wildman–Crippen MR) is 149 cm³/mol. The van der Waals surface area contributed by atoms with Gasteiger partial charge in [0.15, 0.2) is 0 Å². The monoisotopic (exact) mass is 547 g/mol. The second-order valence-corrected chi connectivity index (χ2v) is 11.0. The van der Waals surface area contributed by atoms with Gasteiger partial charge in [0, 0.05) is 38.9 Å². The van der Waals surface area contributed by atoms with E-state index in [0.29, 0.717) is 34.0 Å². The first kappa shape index (κ1) is 25.8. The number of halogens is 1. The van der Waals surface area contributed by atoms with Crippen molar-refractivity contribution in [3.63, 3.8) is 0 Å². The average molecular weight is 548 g/mol. The fourth-order valence-corrected chi connectivity index (χ4v) is 5.71. The Morgan fingerprint density at radius 3 is 2.47 bits per heavy atom. The first-order valence-electron chi connectivity index (χ1n) is 12.1. The van der Waals surface area contributed by atoms with Crippen LogP contribution in [0.4, 0.5) is 5.88 Å².